The summed E-state index contributed by atoms with van der Waals surface area (Å²) in [7, 11) is 0. The van der Waals surface area contributed by atoms with E-state index in [0.29, 0.717) is 11.6 Å². The van der Waals surface area contributed by atoms with Crippen LogP contribution in [0.4, 0.5) is 8.78 Å². The standard InChI is InChI=1S/C15H22F2N2/c1-11(19-8-3-4-9-19)10-18-12(2)13-6-5-7-14(16)15(13)17/h5-7,11-12,18H,3-4,8-10H2,1-2H3. The van der Waals surface area contributed by atoms with Crippen LogP contribution >= 0.6 is 0 Å². The number of rotatable bonds is 5. The van der Waals surface area contributed by atoms with Crippen molar-refractivity contribution in [1.82, 2.24) is 10.2 Å². The summed E-state index contributed by atoms with van der Waals surface area (Å²) in [4.78, 5) is 2.43. The van der Waals surface area contributed by atoms with E-state index in [1.807, 2.05) is 6.92 Å². The minimum atomic E-state index is -0.779. The van der Waals surface area contributed by atoms with Crippen molar-refractivity contribution in [1.29, 1.82) is 0 Å². The quantitative estimate of drug-likeness (QED) is 0.882. The summed E-state index contributed by atoms with van der Waals surface area (Å²) in [5.74, 6) is -1.52. The minimum Gasteiger partial charge on any atom is -0.309 e. The summed E-state index contributed by atoms with van der Waals surface area (Å²) in [6.45, 7) is 7.12. The number of halogens is 2. The van der Waals surface area contributed by atoms with Crippen LogP contribution in [0.2, 0.25) is 0 Å². The van der Waals surface area contributed by atoms with E-state index in [2.05, 4.69) is 17.1 Å². The Morgan fingerprint density at radius 1 is 1.21 bits per heavy atom. The number of hydrogen-bond donors (Lipinski definition) is 1. The Morgan fingerprint density at radius 3 is 2.58 bits per heavy atom. The zero-order valence-corrected chi connectivity index (χ0v) is 11.6. The molecule has 2 atom stereocenters. The van der Waals surface area contributed by atoms with E-state index < -0.39 is 11.6 Å². The maximum Gasteiger partial charge on any atom is 0.163 e. The molecular formula is C15H22F2N2. The number of nitrogens with zero attached hydrogens (tertiary/aromatic N) is 1. The van der Waals surface area contributed by atoms with Gasteiger partial charge in [0, 0.05) is 24.2 Å². The van der Waals surface area contributed by atoms with Crippen LogP contribution in [0.25, 0.3) is 0 Å². The van der Waals surface area contributed by atoms with Gasteiger partial charge in [-0.05, 0) is 45.8 Å². The second-order valence-corrected chi connectivity index (χ2v) is 5.37. The summed E-state index contributed by atoms with van der Waals surface area (Å²) < 4.78 is 26.8. The molecule has 0 aliphatic carbocycles. The predicted molar refractivity (Wildman–Crippen MR) is 73.0 cm³/mol. The molecular weight excluding hydrogens is 246 g/mol. The van der Waals surface area contributed by atoms with Crippen LogP contribution < -0.4 is 5.32 Å². The molecule has 106 valence electrons. The van der Waals surface area contributed by atoms with E-state index in [0.717, 1.165) is 25.7 Å². The topological polar surface area (TPSA) is 15.3 Å². The van der Waals surface area contributed by atoms with E-state index in [9.17, 15) is 8.78 Å². The van der Waals surface area contributed by atoms with Gasteiger partial charge in [-0.15, -0.1) is 0 Å². The van der Waals surface area contributed by atoms with Crippen LogP contribution in [0, 0.1) is 11.6 Å². The second kappa shape index (κ2) is 6.44. The molecule has 1 heterocycles. The summed E-state index contributed by atoms with van der Waals surface area (Å²) >= 11 is 0. The molecule has 0 aromatic heterocycles. The molecule has 1 aliphatic rings. The molecule has 1 aromatic carbocycles. The first-order valence-corrected chi connectivity index (χ1v) is 7.01. The first kappa shape index (κ1) is 14.4. The number of benzene rings is 1. The molecule has 0 saturated carbocycles. The fourth-order valence-electron chi connectivity index (χ4n) is 2.62. The highest BCUT2D eigenvalue weighted by Crippen LogP contribution is 2.19. The van der Waals surface area contributed by atoms with Crippen LogP contribution in [-0.4, -0.2) is 30.6 Å². The van der Waals surface area contributed by atoms with Crippen molar-refractivity contribution in [3.8, 4) is 0 Å². The summed E-state index contributed by atoms with van der Waals surface area (Å²) in [6, 6.07) is 4.59. The molecule has 1 aromatic rings. The van der Waals surface area contributed by atoms with E-state index >= 15 is 0 Å². The van der Waals surface area contributed by atoms with Gasteiger partial charge in [0.05, 0.1) is 0 Å². The highest BCUT2D eigenvalue weighted by molar-refractivity contribution is 5.21. The smallest absolute Gasteiger partial charge is 0.163 e. The normalized spacial score (nSPS) is 19.6. The second-order valence-electron chi connectivity index (χ2n) is 5.37. The minimum absolute atomic E-state index is 0.180. The first-order chi connectivity index (χ1) is 9.09. The molecule has 2 rings (SSSR count). The van der Waals surface area contributed by atoms with Crippen LogP contribution in [0.5, 0.6) is 0 Å². The van der Waals surface area contributed by atoms with Crippen molar-refractivity contribution in [2.24, 2.45) is 0 Å². The van der Waals surface area contributed by atoms with Gasteiger partial charge >= 0.3 is 0 Å². The molecule has 2 nitrogen and oxygen atoms in total. The van der Waals surface area contributed by atoms with Gasteiger partial charge < -0.3 is 5.32 Å². The van der Waals surface area contributed by atoms with Gasteiger partial charge in [-0.3, -0.25) is 4.90 Å². The zero-order chi connectivity index (χ0) is 13.8. The van der Waals surface area contributed by atoms with Crippen molar-refractivity contribution in [3.63, 3.8) is 0 Å². The van der Waals surface area contributed by atoms with Gasteiger partial charge in [-0.2, -0.15) is 0 Å². The lowest BCUT2D eigenvalue weighted by atomic mass is 10.1. The Labute approximate surface area is 113 Å². The highest BCUT2D eigenvalue weighted by Gasteiger charge is 2.19. The third-order valence-corrected chi connectivity index (χ3v) is 3.93. The van der Waals surface area contributed by atoms with Gasteiger partial charge in [0.15, 0.2) is 11.6 Å². The highest BCUT2D eigenvalue weighted by atomic mass is 19.2. The zero-order valence-electron chi connectivity index (χ0n) is 11.6. The SMILES string of the molecule is CC(NCC(C)N1CCCC1)c1cccc(F)c1F. The van der Waals surface area contributed by atoms with E-state index in [-0.39, 0.29) is 6.04 Å². The molecule has 0 spiro atoms. The monoisotopic (exact) mass is 268 g/mol. The molecule has 0 bridgehead atoms. The predicted octanol–water partition coefficient (Wildman–Crippen LogP) is 3.10. The Hall–Kier alpha value is -1.00. The number of likely N-dealkylation sites (tertiary alicyclic amines) is 1. The Morgan fingerprint density at radius 2 is 1.89 bits per heavy atom. The average Bonchev–Trinajstić information content (AvgIpc) is 2.93. The summed E-state index contributed by atoms with van der Waals surface area (Å²) in [5, 5.41) is 3.30. The molecule has 0 amide bonds. The fourth-order valence-corrected chi connectivity index (χ4v) is 2.62. The van der Waals surface area contributed by atoms with Crippen LogP contribution in [-0.2, 0) is 0 Å². The lowest BCUT2D eigenvalue weighted by Crippen LogP contribution is -2.39. The molecule has 19 heavy (non-hydrogen) atoms. The molecule has 2 unspecified atom stereocenters. The number of hydrogen-bond acceptors (Lipinski definition) is 2. The Balaban J connectivity index is 1.90. The molecule has 4 heteroatoms. The lowest BCUT2D eigenvalue weighted by molar-refractivity contribution is 0.246. The molecule has 1 saturated heterocycles. The molecule has 1 fully saturated rings. The van der Waals surface area contributed by atoms with Crippen molar-refractivity contribution < 1.29 is 8.78 Å². The van der Waals surface area contributed by atoms with Crippen LogP contribution in [0.1, 0.15) is 38.3 Å². The van der Waals surface area contributed by atoms with E-state index in [1.165, 1.54) is 12.8 Å². The average molecular weight is 268 g/mol. The maximum absolute atomic E-state index is 13.7. The van der Waals surface area contributed by atoms with Crippen molar-refractivity contribution in [2.75, 3.05) is 19.6 Å². The molecule has 0 radical (unpaired) electrons. The van der Waals surface area contributed by atoms with Crippen molar-refractivity contribution in [3.05, 3.63) is 35.4 Å². The van der Waals surface area contributed by atoms with E-state index in [1.54, 1.807) is 12.1 Å². The van der Waals surface area contributed by atoms with E-state index in [4.69, 9.17) is 0 Å². The molecule has 1 aliphatic heterocycles. The third-order valence-electron chi connectivity index (χ3n) is 3.93. The summed E-state index contributed by atoms with van der Waals surface area (Å²) in [5.41, 5.74) is 0.397. The van der Waals surface area contributed by atoms with Crippen LogP contribution in [0.3, 0.4) is 0 Å². The Kier molecular flexibility index (Phi) is 4.88. The number of nitrogens with one attached hydrogen (secondary N) is 1. The van der Waals surface area contributed by atoms with Crippen molar-refractivity contribution in [2.45, 2.75) is 38.8 Å². The fraction of sp³-hybridized carbons (Fsp3) is 0.600. The van der Waals surface area contributed by atoms with Gasteiger partial charge in [0.2, 0.25) is 0 Å². The Bertz CT molecular complexity index is 417. The van der Waals surface area contributed by atoms with Gasteiger partial charge in [0.25, 0.3) is 0 Å². The molecule has 1 N–H and O–H groups in total. The lowest BCUT2D eigenvalue weighted by Gasteiger charge is -2.26. The summed E-state index contributed by atoms with van der Waals surface area (Å²) in [6.07, 6.45) is 2.52. The van der Waals surface area contributed by atoms with Gasteiger partial charge in [0.1, 0.15) is 0 Å². The largest absolute Gasteiger partial charge is 0.309 e. The van der Waals surface area contributed by atoms with Gasteiger partial charge in [-0.25, -0.2) is 8.78 Å². The van der Waals surface area contributed by atoms with Crippen LogP contribution in [0.15, 0.2) is 18.2 Å². The first-order valence-electron chi connectivity index (χ1n) is 7.01. The van der Waals surface area contributed by atoms with Crippen molar-refractivity contribution >= 4 is 0 Å². The third kappa shape index (κ3) is 3.51. The maximum atomic E-state index is 13.7. The van der Waals surface area contributed by atoms with Gasteiger partial charge in [-0.1, -0.05) is 12.1 Å².